The Kier molecular flexibility index (Phi) is 4.14. The summed E-state index contributed by atoms with van der Waals surface area (Å²) in [6.07, 6.45) is 1.65. The van der Waals surface area contributed by atoms with E-state index >= 15 is 0 Å². The Morgan fingerprint density at radius 1 is 1.56 bits per heavy atom. The largest absolute Gasteiger partial charge is 0.370 e. The summed E-state index contributed by atoms with van der Waals surface area (Å²) in [5.41, 5.74) is 5.65. The van der Waals surface area contributed by atoms with Gasteiger partial charge in [0.05, 0.1) is 5.02 Å². The molecule has 6 heteroatoms. The van der Waals surface area contributed by atoms with Crippen molar-refractivity contribution >= 4 is 39.1 Å². The maximum Gasteiger partial charge on any atom is 0.244 e. The quantitative estimate of drug-likeness (QED) is 0.794. The van der Waals surface area contributed by atoms with Crippen LogP contribution in [0.15, 0.2) is 22.7 Å². The van der Waals surface area contributed by atoms with Crippen LogP contribution >= 0.6 is 27.5 Å². The lowest BCUT2D eigenvalue weighted by Gasteiger charge is -2.36. The topological polar surface area (TPSA) is 67.2 Å². The second-order valence-corrected chi connectivity index (χ2v) is 5.74. The molecule has 1 fully saturated rings. The van der Waals surface area contributed by atoms with E-state index in [1.807, 2.05) is 12.1 Å². The molecule has 0 spiro atoms. The molecule has 1 atom stereocenters. The summed E-state index contributed by atoms with van der Waals surface area (Å²) in [5, 5.41) is 7.07. The Morgan fingerprint density at radius 3 is 2.89 bits per heavy atom. The first-order valence-electron chi connectivity index (χ1n) is 5.77. The summed E-state index contributed by atoms with van der Waals surface area (Å²) in [7, 11) is 0. The summed E-state index contributed by atoms with van der Waals surface area (Å²) in [6, 6.07) is 5.47. The molecule has 4 nitrogen and oxygen atoms in total. The predicted molar refractivity (Wildman–Crippen MR) is 76.8 cm³/mol. The molecule has 1 heterocycles. The first-order chi connectivity index (χ1) is 8.53. The van der Waals surface area contributed by atoms with E-state index in [2.05, 4.69) is 26.6 Å². The third-order valence-electron chi connectivity index (χ3n) is 3.16. The smallest absolute Gasteiger partial charge is 0.244 e. The van der Waals surface area contributed by atoms with Crippen molar-refractivity contribution in [3.63, 3.8) is 0 Å². The van der Waals surface area contributed by atoms with Gasteiger partial charge in [0.1, 0.15) is 5.54 Å². The second kappa shape index (κ2) is 5.47. The summed E-state index contributed by atoms with van der Waals surface area (Å²) >= 11 is 9.30. The zero-order valence-electron chi connectivity index (χ0n) is 9.80. The van der Waals surface area contributed by atoms with Crippen molar-refractivity contribution in [2.45, 2.75) is 18.4 Å². The molecule has 1 aromatic carbocycles. The lowest BCUT2D eigenvalue weighted by Crippen LogP contribution is -2.59. The average Bonchev–Trinajstić information content (AvgIpc) is 2.35. The van der Waals surface area contributed by atoms with E-state index in [-0.39, 0.29) is 5.91 Å². The molecular weight excluding hydrogens is 318 g/mol. The fourth-order valence-corrected chi connectivity index (χ4v) is 2.63. The Balaban J connectivity index is 2.23. The molecule has 1 aliphatic heterocycles. The molecule has 2 rings (SSSR count). The molecular formula is C12H15BrClN3O. The third-order valence-corrected chi connectivity index (χ3v) is 4.37. The number of nitrogens with two attached hydrogens (primary N) is 1. The number of hydrogen-bond donors (Lipinski definition) is 3. The van der Waals surface area contributed by atoms with E-state index in [0.717, 1.165) is 29.5 Å². The number of piperidine rings is 1. The highest BCUT2D eigenvalue weighted by atomic mass is 79.9. The van der Waals surface area contributed by atoms with Crippen molar-refractivity contribution in [3.8, 4) is 0 Å². The van der Waals surface area contributed by atoms with Gasteiger partial charge >= 0.3 is 0 Å². The van der Waals surface area contributed by atoms with Crippen molar-refractivity contribution in [1.29, 1.82) is 0 Å². The summed E-state index contributed by atoms with van der Waals surface area (Å²) in [4.78, 5) is 11.7. The number of rotatable bonds is 3. The number of anilines is 1. The molecule has 0 aliphatic carbocycles. The molecule has 0 radical (unpaired) electrons. The van der Waals surface area contributed by atoms with Crippen LogP contribution in [0.1, 0.15) is 12.8 Å². The number of primary amides is 1. The highest BCUT2D eigenvalue weighted by molar-refractivity contribution is 9.10. The van der Waals surface area contributed by atoms with Crippen LogP contribution in [-0.4, -0.2) is 24.5 Å². The molecule has 0 aromatic heterocycles. The van der Waals surface area contributed by atoms with Crippen LogP contribution in [0.4, 0.5) is 5.69 Å². The van der Waals surface area contributed by atoms with Gasteiger partial charge in [-0.25, -0.2) is 0 Å². The molecule has 0 saturated carbocycles. The summed E-state index contributed by atoms with van der Waals surface area (Å²) in [6.45, 7) is 1.46. The molecule has 1 saturated heterocycles. The van der Waals surface area contributed by atoms with Gasteiger partial charge in [0, 0.05) is 16.7 Å². The Labute approximate surface area is 119 Å². The van der Waals surface area contributed by atoms with Gasteiger partial charge in [-0.15, -0.1) is 0 Å². The van der Waals surface area contributed by atoms with Crippen LogP contribution in [-0.2, 0) is 4.79 Å². The SMILES string of the molecule is NC(=O)C1(Nc2ccc(Cl)c(Br)c2)CCCNC1. The normalized spacial score (nSPS) is 23.7. The molecule has 1 aliphatic rings. The Morgan fingerprint density at radius 2 is 2.33 bits per heavy atom. The number of carbonyl (C=O) groups is 1. The summed E-state index contributed by atoms with van der Waals surface area (Å²) < 4.78 is 0.789. The molecule has 1 amide bonds. The van der Waals surface area contributed by atoms with Crippen LogP contribution in [0.3, 0.4) is 0 Å². The number of halogens is 2. The van der Waals surface area contributed by atoms with Crippen molar-refractivity contribution in [1.82, 2.24) is 5.32 Å². The third kappa shape index (κ3) is 2.79. The lowest BCUT2D eigenvalue weighted by atomic mass is 9.89. The number of nitrogens with one attached hydrogen (secondary N) is 2. The van der Waals surface area contributed by atoms with Gasteiger partial charge in [0.15, 0.2) is 0 Å². The first kappa shape index (κ1) is 13.6. The zero-order valence-corrected chi connectivity index (χ0v) is 12.1. The predicted octanol–water partition coefficient (Wildman–Crippen LogP) is 2.12. The number of amides is 1. The van der Waals surface area contributed by atoms with Gasteiger partial charge in [-0.1, -0.05) is 11.6 Å². The molecule has 1 unspecified atom stereocenters. The van der Waals surface area contributed by atoms with Gasteiger partial charge < -0.3 is 16.4 Å². The van der Waals surface area contributed by atoms with Crippen molar-refractivity contribution in [2.24, 2.45) is 5.73 Å². The molecule has 1 aromatic rings. The first-order valence-corrected chi connectivity index (χ1v) is 6.94. The van der Waals surface area contributed by atoms with Crippen LogP contribution in [0.5, 0.6) is 0 Å². The lowest BCUT2D eigenvalue weighted by molar-refractivity contribution is -0.122. The molecule has 4 N–H and O–H groups in total. The van der Waals surface area contributed by atoms with Crippen LogP contribution in [0.2, 0.25) is 5.02 Å². The zero-order chi connectivity index (χ0) is 13.2. The standard InChI is InChI=1S/C12H15BrClN3O/c13-9-6-8(2-3-10(9)14)17-12(11(15)18)4-1-5-16-7-12/h2-3,6,16-17H,1,4-5,7H2,(H2,15,18). The van der Waals surface area contributed by atoms with Crippen molar-refractivity contribution in [2.75, 3.05) is 18.4 Å². The maximum absolute atomic E-state index is 11.7. The number of hydrogen-bond acceptors (Lipinski definition) is 3. The van der Waals surface area contributed by atoms with E-state index in [0.29, 0.717) is 11.6 Å². The van der Waals surface area contributed by atoms with E-state index in [1.165, 1.54) is 0 Å². The fraction of sp³-hybridized carbons (Fsp3) is 0.417. The minimum absolute atomic E-state index is 0.333. The van der Waals surface area contributed by atoms with Gasteiger partial charge in [-0.2, -0.15) is 0 Å². The summed E-state index contributed by atoms with van der Waals surface area (Å²) in [5.74, 6) is -0.333. The Bertz CT molecular complexity index is 461. The van der Waals surface area contributed by atoms with E-state index in [1.54, 1.807) is 6.07 Å². The van der Waals surface area contributed by atoms with Gasteiger partial charge in [-0.05, 0) is 53.5 Å². The van der Waals surface area contributed by atoms with Gasteiger partial charge in [0.2, 0.25) is 5.91 Å². The van der Waals surface area contributed by atoms with Crippen LogP contribution < -0.4 is 16.4 Å². The fourth-order valence-electron chi connectivity index (χ4n) is 2.13. The Hall–Kier alpha value is -0.780. The number of benzene rings is 1. The molecule has 98 valence electrons. The van der Waals surface area contributed by atoms with Gasteiger partial charge in [-0.3, -0.25) is 4.79 Å². The minimum Gasteiger partial charge on any atom is -0.370 e. The van der Waals surface area contributed by atoms with E-state index in [9.17, 15) is 4.79 Å². The average molecular weight is 333 g/mol. The van der Waals surface area contributed by atoms with Crippen molar-refractivity contribution in [3.05, 3.63) is 27.7 Å². The van der Waals surface area contributed by atoms with Gasteiger partial charge in [0.25, 0.3) is 0 Å². The van der Waals surface area contributed by atoms with E-state index in [4.69, 9.17) is 17.3 Å². The highest BCUT2D eigenvalue weighted by Gasteiger charge is 2.37. The second-order valence-electron chi connectivity index (χ2n) is 4.48. The monoisotopic (exact) mass is 331 g/mol. The highest BCUT2D eigenvalue weighted by Crippen LogP contribution is 2.28. The van der Waals surface area contributed by atoms with Crippen molar-refractivity contribution < 1.29 is 4.79 Å². The van der Waals surface area contributed by atoms with Crippen LogP contribution in [0, 0.1) is 0 Å². The molecule has 18 heavy (non-hydrogen) atoms. The minimum atomic E-state index is -0.717. The maximum atomic E-state index is 11.7. The van der Waals surface area contributed by atoms with Crippen LogP contribution in [0.25, 0.3) is 0 Å². The molecule has 0 bridgehead atoms. The number of carbonyl (C=O) groups excluding carboxylic acids is 1. The van der Waals surface area contributed by atoms with E-state index < -0.39 is 5.54 Å².